The van der Waals surface area contributed by atoms with Gasteiger partial charge in [0.2, 0.25) is 0 Å². The molecule has 1 heterocycles. The van der Waals surface area contributed by atoms with Crippen LogP contribution in [0.4, 0.5) is 0 Å². The zero-order chi connectivity index (χ0) is 16.2. The van der Waals surface area contributed by atoms with E-state index in [1.165, 1.54) is 23.8 Å². The zero-order valence-corrected chi connectivity index (χ0v) is 13.6. The molecule has 21 heavy (non-hydrogen) atoms. The number of nitrogens with zero attached hydrogens (tertiary/aromatic N) is 2. The molecule has 0 fully saturated rings. The maximum absolute atomic E-state index is 11.7. The number of amides is 1. The third-order valence-electron chi connectivity index (χ3n) is 2.68. The van der Waals surface area contributed by atoms with Crippen LogP contribution in [0.2, 0.25) is 5.15 Å². The highest BCUT2D eigenvalue weighted by molar-refractivity contribution is 6.31. The SMILES string of the molecule is Cc1nn(C)c(Cl)c1/C=C/C(=O)OC(C)C(=O)NC(C)C. The number of aryl methyl sites for hydroxylation is 2. The van der Waals surface area contributed by atoms with E-state index >= 15 is 0 Å². The summed E-state index contributed by atoms with van der Waals surface area (Å²) in [6.07, 6.45) is 1.91. The van der Waals surface area contributed by atoms with Crippen molar-refractivity contribution in [1.29, 1.82) is 0 Å². The van der Waals surface area contributed by atoms with Crippen LogP contribution >= 0.6 is 11.6 Å². The largest absolute Gasteiger partial charge is 0.449 e. The van der Waals surface area contributed by atoms with Gasteiger partial charge in [-0.25, -0.2) is 4.79 Å². The molecule has 0 saturated carbocycles. The second kappa shape index (κ2) is 7.26. The molecular formula is C14H20ClN3O3. The number of nitrogens with one attached hydrogen (secondary N) is 1. The summed E-state index contributed by atoms with van der Waals surface area (Å²) in [6.45, 7) is 6.97. The average Bonchev–Trinajstić information content (AvgIpc) is 2.60. The minimum atomic E-state index is -0.852. The van der Waals surface area contributed by atoms with Gasteiger partial charge in [-0.2, -0.15) is 5.10 Å². The van der Waals surface area contributed by atoms with Gasteiger partial charge in [-0.05, 0) is 33.8 Å². The molecule has 116 valence electrons. The monoisotopic (exact) mass is 313 g/mol. The molecule has 0 aliphatic heterocycles. The molecule has 0 spiro atoms. The van der Waals surface area contributed by atoms with E-state index in [0.29, 0.717) is 16.4 Å². The quantitative estimate of drug-likeness (QED) is 0.665. The number of halogens is 1. The Balaban J connectivity index is 2.65. The zero-order valence-electron chi connectivity index (χ0n) is 12.8. The fourth-order valence-electron chi connectivity index (χ4n) is 1.66. The normalized spacial score (nSPS) is 12.7. The lowest BCUT2D eigenvalue weighted by atomic mass is 10.2. The number of hydrogen-bond donors (Lipinski definition) is 1. The maximum Gasteiger partial charge on any atom is 0.331 e. The van der Waals surface area contributed by atoms with E-state index in [4.69, 9.17) is 16.3 Å². The van der Waals surface area contributed by atoms with Crippen molar-refractivity contribution in [3.63, 3.8) is 0 Å². The van der Waals surface area contributed by atoms with Crippen molar-refractivity contribution in [2.24, 2.45) is 7.05 Å². The summed E-state index contributed by atoms with van der Waals surface area (Å²) in [5.74, 6) is -0.942. The van der Waals surface area contributed by atoms with Gasteiger partial charge in [-0.15, -0.1) is 0 Å². The van der Waals surface area contributed by atoms with Crippen LogP contribution in [0.3, 0.4) is 0 Å². The second-order valence-electron chi connectivity index (χ2n) is 4.99. The molecule has 1 rings (SSSR count). The predicted molar refractivity (Wildman–Crippen MR) is 80.8 cm³/mol. The smallest absolute Gasteiger partial charge is 0.331 e. The number of ether oxygens (including phenoxy) is 1. The lowest BCUT2D eigenvalue weighted by Crippen LogP contribution is -2.39. The van der Waals surface area contributed by atoms with E-state index in [9.17, 15) is 9.59 Å². The van der Waals surface area contributed by atoms with Gasteiger partial charge in [0.15, 0.2) is 6.10 Å². The molecule has 1 aromatic heterocycles. The van der Waals surface area contributed by atoms with Crippen LogP contribution in [-0.2, 0) is 21.4 Å². The van der Waals surface area contributed by atoms with Gasteiger partial charge in [0.25, 0.3) is 5.91 Å². The molecule has 7 heteroatoms. The van der Waals surface area contributed by atoms with Crippen LogP contribution in [0.25, 0.3) is 6.08 Å². The van der Waals surface area contributed by atoms with Crippen LogP contribution in [0, 0.1) is 6.92 Å². The Hall–Kier alpha value is -1.82. The van der Waals surface area contributed by atoms with E-state index in [0.717, 1.165) is 0 Å². The van der Waals surface area contributed by atoms with Crippen molar-refractivity contribution in [3.8, 4) is 0 Å². The van der Waals surface area contributed by atoms with Gasteiger partial charge in [0.05, 0.1) is 5.69 Å². The van der Waals surface area contributed by atoms with Gasteiger partial charge in [0.1, 0.15) is 5.15 Å². The van der Waals surface area contributed by atoms with Crippen LogP contribution in [-0.4, -0.2) is 33.8 Å². The highest BCUT2D eigenvalue weighted by Gasteiger charge is 2.17. The fourth-order valence-corrected chi connectivity index (χ4v) is 1.89. The third-order valence-corrected chi connectivity index (χ3v) is 3.12. The molecule has 1 atom stereocenters. The minimum absolute atomic E-state index is 0.00829. The van der Waals surface area contributed by atoms with Gasteiger partial charge in [-0.1, -0.05) is 11.6 Å². The molecular weight excluding hydrogens is 294 g/mol. The summed E-state index contributed by atoms with van der Waals surface area (Å²) in [5.41, 5.74) is 1.35. The van der Waals surface area contributed by atoms with Crippen LogP contribution in [0.1, 0.15) is 32.0 Å². The van der Waals surface area contributed by atoms with E-state index in [1.54, 1.807) is 14.0 Å². The molecule has 1 amide bonds. The predicted octanol–water partition coefficient (Wildman–Crippen LogP) is 1.85. The van der Waals surface area contributed by atoms with E-state index in [-0.39, 0.29) is 11.9 Å². The standard InChI is InChI=1S/C14H20ClN3O3/c1-8(2)16-14(20)10(4)21-12(19)7-6-11-9(3)17-18(5)13(11)15/h6-8,10H,1-5H3,(H,16,20)/b7-6+. The number of aromatic nitrogens is 2. The number of esters is 1. The molecule has 0 aromatic carbocycles. The summed E-state index contributed by atoms with van der Waals surface area (Å²) in [6, 6.07) is -0.00829. The number of carbonyl (C=O) groups excluding carboxylic acids is 2. The van der Waals surface area contributed by atoms with Crippen LogP contribution in [0.5, 0.6) is 0 Å². The lowest BCUT2D eigenvalue weighted by Gasteiger charge is -2.14. The third kappa shape index (κ3) is 4.90. The molecule has 0 aliphatic rings. The molecule has 6 nitrogen and oxygen atoms in total. The molecule has 0 saturated heterocycles. The van der Waals surface area contributed by atoms with Crippen molar-refractivity contribution in [3.05, 3.63) is 22.5 Å². The Bertz CT molecular complexity index is 564. The topological polar surface area (TPSA) is 73.2 Å². The summed E-state index contributed by atoms with van der Waals surface area (Å²) >= 11 is 6.04. The molecule has 0 radical (unpaired) electrons. The number of carbonyl (C=O) groups is 2. The van der Waals surface area contributed by atoms with Gasteiger partial charge in [-0.3, -0.25) is 9.48 Å². The first-order valence-corrected chi connectivity index (χ1v) is 6.98. The highest BCUT2D eigenvalue weighted by atomic mass is 35.5. The van der Waals surface area contributed by atoms with Gasteiger partial charge >= 0.3 is 5.97 Å². The molecule has 1 aromatic rings. The summed E-state index contributed by atoms with van der Waals surface area (Å²) in [5, 5.41) is 7.23. The first kappa shape index (κ1) is 17.2. The summed E-state index contributed by atoms with van der Waals surface area (Å²) < 4.78 is 6.53. The van der Waals surface area contributed by atoms with E-state index in [1.807, 2.05) is 13.8 Å². The highest BCUT2D eigenvalue weighted by Crippen LogP contribution is 2.19. The van der Waals surface area contributed by atoms with Gasteiger partial charge < -0.3 is 10.1 Å². The fraction of sp³-hybridized carbons (Fsp3) is 0.500. The molecule has 0 aliphatic carbocycles. The first-order chi connectivity index (χ1) is 9.72. The van der Waals surface area contributed by atoms with Crippen molar-refractivity contribution in [1.82, 2.24) is 15.1 Å². The van der Waals surface area contributed by atoms with Crippen molar-refractivity contribution in [2.45, 2.75) is 39.8 Å². The number of rotatable bonds is 5. The van der Waals surface area contributed by atoms with Crippen molar-refractivity contribution < 1.29 is 14.3 Å². The van der Waals surface area contributed by atoms with E-state index < -0.39 is 12.1 Å². The minimum Gasteiger partial charge on any atom is -0.449 e. The Morgan fingerprint density at radius 3 is 2.48 bits per heavy atom. The molecule has 1 unspecified atom stereocenters. The van der Waals surface area contributed by atoms with Crippen LogP contribution < -0.4 is 5.32 Å². The van der Waals surface area contributed by atoms with Crippen molar-refractivity contribution in [2.75, 3.05) is 0 Å². The Morgan fingerprint density at radius 1 is 1.38 bits per heavy atom. The van der Waals surface area contributed by atoms with Gasteiger partial charge in [0, 0.05) is 24.7 Å². The van der Waals surface area contributed by atoms with Crippen LogP contribution in [0.15, 0.2) is 6.08 Å². The lowest BCUT2D eigenvalue weighted by molar-refractivity contribution is -0.150. The first-order valence-electron chi connectivity index (χ1n) is 6.60. The Labute approximate surface area is 129 Å². The average molecular weight is 314 g/mol. The molecule has 0 bridgehead atoms. The summed E-state index contributed by atoms with van der Waals surface area (Å²) in [7, 11) is 1.71. The Morgan fingerprint density at radius 2 is 2.00 bits per heavy atom. The van der Waals surface area contributed by atoms with Crippen molar-refractivity contribution >= 4 is 29.6 Å². The van der Waals surface area contributed by atoms with E-state index in [2.05, 4.69) is 10.4 Å². The second-order valence-corrected chi connectivity index (χ2v) is 5.35. The summed E-state index contributed by atoms with van der Waals surface area (Å²) in [4.78, 5) is 23.3. The Kier molecular flexibility index (Phi) is 5.96. The maximum atomic E-state index is 11.7. The number of hydrogen-bond acceptors (Lipinski definition) is 4. The molecule has 1 N–H and O–H groups in total.